The number of methoxy groups -OCH3 is 1. The van der Waals surface area contributed by atoms with Crippen molar-refractivity contribution in [2.75, 3.05) is 37.0 Å². The topological polar surface area (TPSA) is 96.0 Å². The molecule has 2 aromatic carbocycles. The van der Waals surface area contributed by atoms with Gasteiger partial charge in [0.25, 0.3) is 0 Å². The Morgan fingerprint density at radius 3 is 2.45 bits per heavy atom. The number of nitrogens with one attached hydrogen (secondary N) is 1. The summed E-state index contributed by atoms with van der Waals surface area (Å²) in [4.78, 5) is 27.4. The lowest BCUT2D eigenvalue weighted by atomic mass is 10.1. The van der Waals surface area contributed by atoms with E-state index in [-0.39, 0.29) is 35.4 Å². The van der Waals surface area contributed by atoms with Crippen molar-refractivity contribution in [1.82, 2.24) is 4.31 Å². The highest BCUT2D eigenvalue weighted by molar-refractivity contribution is 7.89. The second kappa shape index (κ2) is 9.93. The zero-order valence-electron chi connectivity index (χ0n) is 19.7. The van der Waals surface area contributed by atoms with Gasteiger partial charge in [0.05, 0.1) is 23.6 Å². The zero-order chi connectivity index (χ0) is 24.3. The number of anilines is 2. The first kappa shape index (κ1) is 24.7. The molecule has 0 spiro atoms. The molecule has 1 aliphatic rings. The highest BCUT2D eigenvalue weighted by Gasteiger charge is 2.36. The van der Waals surface area contributed by atoms with Crippen molar-refractivity contribution in [3.8, 4) is 5.75 Å². The summed E-state index contributed by atoms with van der Waals surface area (Å²) in [7, 11) is -2.25. The van der Waals surface area contributed by atoms with Crippen molar-refractivity contribution in [1.29, 1.82) is 0 Å². The molecule has 8 nitrogen and oxygen atoms in total. The molecule has 0 aromatic heterocycles. The minimum absolute atomic E-state index is 0.0710. The van der Waals surface area contributed by atoms with Crippen LogP contribution in [0.3, 0.4) is 0 Å². The molecule has 1 saturated heterocycles. The molecule has 1 atom stereocenters. The van der Waals surface area contributed by atoms with Crippen LogP contribution in [0.2, 0.25) is 0 Å². The van der Waals surface area contributed by atoms with Crippen LogP contribution in [0.15, 0.2) is 41.3 Å². The summed E-state index contributed by atoms with van der Waals surface area (Å²) in [6, 6.07) is 10.2. The molecule has 1 fully saturated rings. The molecule has 1 heterocycles. The Hall–Kier alpha value is -2.91. The molecule has 1 aliphatic heterocycles. The van der Waals surface area contributed by atoms with Gasteiger partial charge in [-0.05, 0) is 43.7 Å². The van der Waals surface area contributed by atoms with Crippen molar-refractivity contribution in [3.05, 3.63) is 47.5 Å². The van der Waals surface area contributed by atoms with Crippen LogP contribution in [-0.4, -0.2) is 51.3 Å². The highest BCUT2D eigenvalue weighted by Crippen LogP contribution is 2.32. The first-order valence-corrected chi connectivity index (χ1v) is 12.4. The van der Waals surface area contributed by atoms with Crippen LogP contribution >= 0.6 is 0 Å². The number of sulfonamides is 1. The van der Waals surface area contributed by atoms with Crippen LogP contribution in [0.25, 0.3) is 0 Å². The van der Waals surface area contributed by atoms with Gasteiger partial charge in [-0.1, -0.05) is 31.5 Å². The van der Waals surface area contributed by atoms with E-state index in [1.807, 2.05) is 32.0 Å². The Morgan fingerprint density at radius 1 is 1.15 bits per heavy atom. The average molecular weight is 474 g/mol. The quantitative estimate of drug-likeness (QED) is 0.634. The van der Waals surface area contributed by atoms with E-state index in [1.54, 1.807) is 18.7 Å². The van der Waals surface area contributed by atoms with Crippen molar-refractivity contribution >= 4 is 33.2 Å². The highest BCUT2D eigenvalue weighted by atomic mass is 32.2. The van der Waals surface area contributed by atoms with Gasteiger partial charge in [-0.2, -0.15) is 4.31 Å². The first-order valence-electron chi connectivity index (χ1n) is 11.0. The smallest absolute Gasteiger partial charge is 0.243 e. The Morgan fingerprint density at radius 2 is 1.85 bits per heavy atom. The Kier molecular flexibility index (Phi) is 7.44. The molecule has 3 rings (SSSR count). The van der Waals surface area contributed by atoms with Gasteiger partial charge >= 0.3 is 0 Å². The Bertz CT molecular complexity index is 1160. The van der Waals surface area contributed by atoms with E-state index < -0.39 is 15.9 Å². The van der Waals surface area contributed by atoms with E-state index in [2.05, 4.69) is 5.32 Å². The van der Waals surface area contributed by atoms with Crippen LogP contribution in [0.5, 0.6) is 5.75 Å². The van der Waals surface area contributed by atoms with E-state index >= 15 is 0 Å². The van der Waals surface area contributed by atoms with Gasteiger partial charge in [-0.15, -0.1) is 0 Å². The maximum atomic E-state index is 13.0. The molecule has 178 valence electrons. The number of carbonyl (C=O) groups excluding carboxylic acids is 2. The molecule has 2 amide bonds. The van der Waals surface area contributed by atoms with E-state index in [9.17, 15) is 18.0 Å². The number of benzene rings is 2. The number of hydrogen-bond donors (Lipinski definition) is 1. The number of rotatable bonds is 8. The van der Waals surface area contributed by atoms with Gasteiger partial charge in [0.1, 0.15) is 5.75 Å². The minimum atomic E-state index is -3.70. The molecular weight excluding hydrogens is 442 g/mol. The maximum Gasteiger partial charge on any atom is 0.243 e. The molecule has 1 N–H and O–H groups in total. The Balaban J connectivity index is 1.83. The average Bonchev–Trinajstić information content (AvgIpc) is 3.16. The summed E-state index contributed by atoms with van der Waals surface area (Å²) >= 11 is 0. The third-order valence-corrected chi connectivity index (χ3v) is 7.96. The van der Waals surface area contributed by atoms with Crippen molar-refractivity contribution in [3.63, 3.8) is 0 Å². The normalized spacial score (nSPS) is 16.4. The number of carbonyl (C=O) groups is 2. The monoisotopic (exact) mass is 473 g/mol. The number of nitrogens with zero attached hydrogens (tertiary/aromatic N) is 2. The summed E-state index contributed by atoms with van der Waals surface area (Å²) in [6.45, 7) is 8.40. The molecule has 0 aliphatic carbocycles. The van der Waals surface area contributed by atoms with Crippen molar-refractivity contribution in [2.45, 2.75) is 39.0 Å². The zero-order valence-corrected chi connectivity index (χ0v) is 20.5. The fourth-order valence-electron chi connectivity index (χ4n) is 4.12. The first-order chi connectivity index (χ1) is 15.6. The van der Waals surface area contributed by atoms with Gasteiger partial charge in [0.2, 0.25) is 21.8 Å². The third-order valence-electron chi connectivity index (χ3n) is 5.91. The molecule has 0 bridgehead atoms. The number of amides is 2. The number of ether oxygens (including phenoxy) is 1. The summed E-state index contributed by atoms with van der Waals surface area (Å²) in [5.74, 6) is -0.693. The fourth-order valence-corrected chi connectivity index (χ4v) is 5.60. The summed E-state index contributed by atoms with van der Waals surface area (Å²) in [5, 5.41) is 2.78. The lowest BCUT2D eigenvalue weighted by Crippen LogP contribution is -2.31. The van der Waals surface area contributed by atoms with E-state index in [0.29, 0.717) is 18.8 Å². The summed E-state index contributed by atoms with van der Waals surface area (Å²) in [6.07, 6.45) is 0.0822. The number of hydrogen-bond acceptors (Lipinski definition) is 5. The van der Waals surface area contributed by atoms with E-state index in [0.717, 1.165) is 16.8 Å². The maximum absolute atomic E-state index is 13.0. The minimum Gasteiger partial charge on any atom is -0.495 e. The summed E-state index contributed by atoms with van der Waals surface area (Å²) in [5.41, 5.74) is 3.13. The van der Waals surface area contributed by atoms with Crippen LogP contribution in [0.4, 0.5) is 11.4 Å². The second-order valence-electron chi connectivity index (χ2n) is 8.14. The van der Waals surface area contributed by atoms with Crippen LogP contribution in [0.1, 0.15) is 31.4 Å². The van der Waals surface area contributed by atoms with Crippen LogP contribution in [-0.2, 0) is 19.6 Å². The molecular formula is C24H31N3O5S. The fraction of sp³-hybridized carbons (Fsp3) is 0.417. The lowest BCUT2D eigenvalue weighted by Gasteiger charge is -2.21. The van der Waals surface area contributed by atoms with Gasteiger partial charge in [0, 0.05) is 31.7 Å². The largest absolute Gasteiger partial charge is 0.495 e. The van der Waals surface area contributed by atoms with E-state index in [1.165, 1.54) is 29.6 Å². The number of aryl methyl sites for hydroxylation is 2. The van der Waals surface area contributed by atoms with Gasteiger partial charge in [-0.25, -0.2) is 8.42 Å². The molecule has 0 radical (unpaired) electrons. The van der Waals surface area contributed by atoms with Gasteiger partial charge in [0.15, 0.2) is 0 Å². The molecule has 1 unspecified atom stereocenters. The standard InChI is InChI=1S/C24H31N3O5S/c1-6-26(7-2)33(30,31)19-9-11-22(32-5)20(14-19)25-24(29)18-13-23(28)27(15-18)21-10-8-16(3)12-17(21)4/h8-12,14,18H,6-7,13,15H2,1-5H3,(H,25,29). The van der Waals surface area contributed by atoms with Gasteiger partial charge in [-0.3, -0.25) is 9.59 Å². The third kappa shape index (κ3) is 5.04. The summed E-state index contributed by atoms with van der Waals surface area (Å²) < 4.78 is 32.5. The molecule has 0 saturated carbocycles. The predicted molar refractivity (Wildman–Crippen MR) is 128 cm³/mol. The van der Waals surface area contributed by atoms with Crippen molar-refractivity contribution < 1.29 is 22.7 Å². The van der Waals surface area contributed by atoms with Crippen molar-refractivity contribution in [2.24, 2.45) is 5.92 Å². The van der Waals surface area contributed by atoms with Gasteiger partial charge < -0.3 is 15.0 Å². The van der Waals surface area contributed by atoms with E-state index in [4.69, 9.17) is 4.74 Å². The molecule has 9 heteroatoms. The molecule has 2 aromatic rings. The predicted octanol–water partition coefficient (Wildman–Crippen LogP) is 3.33. The SMILES string of the molecule is CCN(CC)S(=O)(=O)c1ccc(OC)c(NC(=O)C2CC(=O)N(c3ccc(C)cc3C)C2)c1. The second-order valence-corrected chi connectivity index (χ2v) is 10.1. The van der Waals surface area contributed by atoms with Crippen LogP contribution < -0.4 is 15.0 Å². The molecule has 33 heavy (non-hydrogen) atoms. The van der Waals surface area contributed by atoms with Crippen LogP contribution in [0, 0.1) is 19.8 Å². The lowest BCUT2D eigenvalue weighted by molar-refractivity contribution is -0.122. The Labute approximate surface area is 195 Å².